The van der Waals surface area contributed by atoms with Gasteiger partial charge in [-0.25, -0.2) is 0 Å². The van der Waals surface area contributed by atoms with E-state index in [-0.39, 0.29) is 5.78 Å². The second-order valence-corrected chi connectivity index (χ2v) is 12.0. The fraction of sp³-hybridized carbons (Fsp3) is 0.250. The third-order valence-corrected chi connectivity index (χ3v) is 9.36. The van der Waals surface area contributed by atoms with Gasteiger partial charge in [-0.2, -0.15) is 5.26 Å². The minimum atomic E-state index is -0.503. The topological polar surface area (TPSA) is 70.1 Å². The molecular formula is C32H29Cl2N3OS. The number of nitrogens with two attached hydrogens (primary N) is 1. The van der Waals surface area contributed by atoms with Crippen LogP contribution in [0, 0.1) is 32.1 Å². The molecule has 0 fully saturated rings. The summed E-state index contributed by atoms with van der Waals surface area (Å²) in [5, 5.41) is 11.7. The zero-order chi connectivity index (χ0) is 27.8. The van der Waals surface area contributed by atoms with E-state index >= 15 is 0 Å². The Kier molecular flexibility index (Phi) is 7.82. The largest absolute Gasteiger partial charge is 0.384 e. The lowest BCUT2D eigenvalue weighted by Crippen LogP contribution is -2.39. The number of para-hydroxylation sites is 1. The van der Waals surface area contributed by atoms with Gasteiger partial charge in [0.15, 0.2) is 5.78 Å². The summed E-state index contributed by atoms with van der Waals surface area (Å²) in [7, 11) is 0. The van der Waals surface area contributed by atoms with Crippen molar-refractivity contribution in [3.05, 3.63) is 115 Å². The molecule has 0 amide bonds. The van der Waals surface area contributed by atoms with Crippen LogP contribution in [0.25, 0.3) is 0 Å². The van der Waals surface area contributed by atoms with Gasteiger partial charge < -0.3 is 5.73 Å². The molecule has 1 aliphatic carbocycles. The first kappa shape index (κ1) is 27.4. The maximum absolute atomic E-state index is 13.6. The van der Waals surface area contributed by atoms with Gasteiger partial charge in [0.25, 0.3) is 0 Å². The monoisotopic (exact) mass is 573 g/mol. The van der Waals surface area contributed by atoms with E-state index < -0.39 is 5.92 Å². The van der Waals surface area contributed by atoms with E-state index in [2.05, 4.69) is 25.1 Å². The highest BCUT2D eigenvalue weighted by Gasteiger charge is 2.41. The summed E-state index contributed by atoms with van der Waals surface area (Å²) in [5.41, 5.74) is 15.0. The summed E-state index contributed by atoms with van der Waals surface area (Å²) < 4.78 is 0. The SMILES string of the molecule is Cc1cc(C)c(C2C(C#N)=C(N)N(c3ccccc3C)C3=C2C(=O)CCC3)cc1CSc1cc(Cl)ccc1Cl. The highest BCUT2D eigenvalue weighted by Crippen LogP contribution is 2.48. The Morgan fingerprint density at radius 2 is 1.79 bits per heavy atom. The Morgan fingerprint density at radius 1 is 1.03 bits per heavy atom. The van der Waals surface area contributed by atoms with Gasteiger partial charge in [0, 0.05) is 33.4 Å². The standard InChI is InChI=1S/C32H29Cl2N3OS/c1-18-7-4-5-8-26(18)37-27-9-6-10-28(38)31(27)30(24(16-35)32(37)36)23-14-21(19(2)13-20(23)3)17-39-29-15-22(33)11-12-25(29)34/h4-5,7-8,11-15,30H,6,9-10,17,36H2,1-3H3. The molecule has 0 aromatic heterocycles. The van der Waals surface area contributed by atoms with Crippen LogP contribution >= 0.6 is 35.0 Å². The number of ketones is 1. The van der Waals surface area contributed by atoms with Crippen molar-refractivity contribution in [3.8, 4) is 6.07 Å². The first-order chi connectivity index (χ1) is 18.7. The van der Waals surface area contributed by atoms with Gasteiger partial charge in [-0.3, -0.25) is 9.69 Å². The van der Waals surface area contributed by atoms with Crippen molar-refractivity contribution in [3.63, 3.8) is 0 Å². The Bertz CT molecular complexity index is 1600. The van der Waals surface area contributed by atoms with Crippen molar-refractivity contribution in [1.82, 2.24) is 0 Å². The van der Waals surface area contributed by atoms with E-state index in [0.717, 1.165) is 56.9 Å². The van der Waals surface area contributed by atoms with E-state index in [9.17, 15) is 10.1 Å². The average molecular weight is 575 g/mol. The maximum atomic E-state index is 13.6. The third kappa shape index (κ3) is 5.10. The molecule has 1 heterocycles. The minimum Gasteiger partial charge on any atom is -0.384 e. The number of carbonyl (C=O) groups excluding carboxylic acids is 1. The molecule has 2 aliphatic rings. The maximum Gasteiger partial charge on any atom is 0.161 e. The van der Waals surface area contributed by atoms with Crippen molar-refractivity contribution < 1.29 is 4.79 Å². The number of hydrogen-bond donors (Lipinski definition) is 1. The number of nitriles is 1. The van der Waals surface area contributed by atoms with Crippen LogP contribution in [0.3, 0.4) is 0 Å². The number of rotatable bonds is 5. The summed E-state index contributed by atoms with van der Waals surface area (Å²) in [4.78, 5) is 16.4. The average Bonchev–Trinajstić information content (AvgIpc) is 2.90. The molecule has 1 aliphatic heterocycles. The number of Topliss-reactive ketones (excluding diaryl/α,β-unsaturated/α-hetero) is 1. The van der Waals surface area contributed by atoms with Gasteiger partial charge in [-0.1, -0.05) is 53.5 Å². The number of thioether (sulfide) groups is 1. The summed E-state index contributed by atoms with van der Waals surface area (Å²) in [6, 6.07) is 20.1. The van der Waals surface area contributed by atoms with Gasteiger partial charge in [-0.15, -0.1) is 11.8 Å². The molecule has 0 radical (unpaired) electrons. The normalized spacial score (nSPS) is 17.4. The van der Waals surface area contributed by atoms with Crippen LogP contribution in [0.15, 0.2) is 82.2 Å². The lowest BCUT2D eigenvalue weighted by atomic mass is 9.74. The van der Waals surface area contributed by atoms with Crippen LogP contribution in [0.5, 0.6) is 0 Å². The van der Waals surface area contributed by atoms with E-state index in [1.165, 1.54) is 0 Å². The van der Waals surface area contributed by atoms with Gasteiger partial charge in [-0.05, 0) is 85.7 Å². The van der Waals surface area contributed by atoms with Crippen LogP contribution in [-0.2, 0) is 10.5 Å². The van der Waals surface area contributed by atoms with Crippen LogP contribution < -0.4 is 10.6 Å². The van der Waals surface area contributed by atoms with Crippen LogP contribution in [-0.4, -0.2) is 5.78 Å². The molecule has 2 N–H and O–H groups in total. The molecule has 1 unspecified atom stereocenters. The molecule has 0 saturated carbocycles. The van der Waals surface area contributed by atoms with Gasteiger partial charge in [0.05, 0.1) is 28.3 Å². The zero-order valence-corrected chi connectivity index (χ0v) is 24.5. The van der Waals surface area contributed by atoms with Crippen molar-refractivity contribution in [2.75, 3.05) is 4.90 Å². The molecule has 39 heavy (non-hydrogen) atoms. The molecule has 3 aromatic carbocycles. The Hall–Kier alpha value is -3.17. The number of benzene rings is 3. The van der Waals surface area contributed by atoms with Crippen molar-refractivity contribution in [2.45, 2.75) is 56.6 Å². The smallest absolute Gasteiger partial charge is 0.161 e. The molecule has 7 heteroatoms. The Morgan fingerprint density at radius 3 is 2.54 bits per heavy atom. The predicted molar refractivity (Wildman–Crippen MR) is 161 cm³/mol. The van der Waals surface area contributed by atoms with E-state index in [0.29, 0.717) is 39.2 Å². The van der Waals surface area contributed by atoms with E-state index in [1.807, 2.05) is 49.1 Å². The molecular weight excluding hydrogens is 545 g/mol. The van der Waals surface area contributed by atoms with Crippen molar-refractivity contribution in [1.29, 1.82) is 5.26 Å². The Labute approximate surface area is 244 Å². The number of hydrogen-bond acceptors (Lipinski definition) is 5. The molecule has 0 spiro atoms. The highest BCUT2D eigenvalue weighted by molar-refractivity contribution is 7.98. The molecule has 4 nitrogen and oxygen atoms in total. The summed E-state index contributed by atoms with van der Waals surface area (Å²) in [5.74, 6) is 0.646. The number of carbonyl (C=O) groups is 1. The van der Waals surface area contributed by atoms with Gasteiger partial charge in [0.2, 0.25) is 0 Å². The summed E-state index contributed by atoms with van der Waals surface area (Å²) in [6.07, 6.45) is 1.96. The van der Waals surface area contributed by atoms with Gasteiger partial charge in [0.1, 0.15) is 5.82 Å². The lowest BCUT2D eigenvalue weighted by molar-refractivity contribution is -0.116. The number of halogens is 2. The summed E-state index contributed by atoms with van der Waals surface area (Å²) in [6.45, 7) is 6.14. The zero-order valence-electron chi connectivity index (χ0n) is 22.1. The van der Waals surface area contributed by atoms with Crippen molar-refractivity contribution >= 4 is 46.4 Å². The molecule has 198 valence electrons. The molecule has 5 rings (SSSR count). The van der Waals surface area contributed by atoms with E-state index in [1.54, 1.807) is 23.9 Å². The number of aryl methyl sites for hydroxylation is 3. The number of anilines is 1. The van der Waals surface area contributed by atoms with Crippen LogP contribution in [0.2, 0.25) is 10.0 Å². The molecule has 0 bridgehead atoms. The quantitative estimate of drug-likeness (QED) is 0.310. The first-order valence-corrected chi connectivity index (χ1v) is 14.6. The fourth-order valence-electron chi connectivity index (χ4n) is 5.61. The fourth-order valence-corrected chi connectivity index (χ4v) is 7.17. The second-order valence-electron chi connectivity index (χ2n) is 10.1. The van der Waals surface area contributed by atoms with E-state index in [4.69, 9.17) is 28.9 Å². The number of nitrogens with zero attached hydrogens (tertiary/aromatic N) is 2. The second kappa shape index (κ2) is 11.1. The first-order valence-electron chi connectivity index (χ1n) is 12.9. The van der Waals surface area contributed by atoms with Crippen LogP contribution in [0.1, 0.15) is 53.0 Å². The predicted octanol–water partition coefficient (Wildman–Crippen LogP) is 8.52. The Balaban J connectivity index is 1.64. The van der Waals surface area contributed by atoms with Crippen molar-refractivity contribution in [2.24, 2.45) is 5.73 Å². The molecule has 0 saturated heterocycles. The minimum absolute atomic E-state index is 0.0849. The summed E-state index contributed by atoms with van der Waals surface area (Å²) >= 11 is 14.2. The van der Waals surface area contributed by atoms with Gasteiger partial charge >= 0.3 is 0 Å². The highest BCUT2D eigenvalue weighted by atomic mass is 35.5. The third-order valence-electron chi connectivity index (χ3n) is 7.58. The van der Waals surface area contributed by atoms with Crippen LogP contribution in [0.4, 0.5) is 5.69 Å². The number of allylic oxidation sites excluding steroid dienone is 3. The molecule has 3 aromatic rings. The molecule has 1 atom stereocenters. The lowest BCUT2D eigenvalue weighted by Gasteiger charge is -2.40.